The molecule has 0 aromatic heterocycles. The SMILES string of the molecule is [N-]=[N+]=NC1=NC(CC([N+](=O)[O-])([N+](=O)[O-])[N+](=O)[O-])=NC(NCC([N+](=O)[O-])([N+](=O)[O-])[N+](=O)[O-])N1N[N+](=O)[O-]. The van der Waals surface area contributed by atoms with E-state index in [0.29, 0.717) is 0 Å². The number of hydrogen-bond donors (Lipinski definition) is 2. The average Bonchev–Trinajstić information content (AvgIpc) is 2.72. The second kappa shape index (κ2) is 10.3. The summed E-state index contributed by atoms with van der Waals surface area (Å²) in [7, 11) is 0. The normalized spacial score (nSPS) is 15.4. The van der Waals surface area contributed by atoms with Crippen molar-refractivity contribution in [3.63, 3.8) is 0 Å². The number of amidine groups is 1. The molecule has 1 aliphatic heterocycles. The minimum atomic E-state index is -4.26. The third-order valence-electron chi connectivity index (χ3n) is 3.96. The van der Waals surface area contributed by atoms with E-state index in [1.165, 1.54) is 5.53 Å². The predicted octanol–water partition coefficient (Wildman–Crippen LogP) is -2.71. The number of azide groups is 1. The van der Waals surface area contributed by atoms with Gasteiger partial charge in [0.2, 0.25) is 25.2 Å². The van der Waals surface area contributed by atoms with Gasteiger partial charge in [-0.15, -0.1) is 0 Å². The van der Waals surface area contributed by atoms with Crippen LogP contribution < -0.4 is 10.9 Å². The maximum absolute atomic E-state index is 11.1. The molecule has 29 nitrogen and oxygen atoms in total. The Bertz CT molecular complexity index is 1070. The third-order valence-corrected chi connectivity index (χ3v) is 3.96. The van der Waals surface area contributed by atoms with Crippen molar-refractivity contribution >= 4 is 11.8 Å². The summed E-state index contributed by atoms with van der Waals surface area (Å²) in [6, 6.07) is 0. The highest BCUT2D eigenvalue weighted by atomic mass is 16.7. The van der Waals surface area contributed by atoms with Gasteiger partial charge in [-0.2, -0.15) is 5.01 Å². The monoisotopic (exact) mass is 525 g/mol. The molecule has 0 aromatic carbocycles. The second-order valence-electron chi connectivity index (χ2n) is 5.90. The lowest BCUT2D eigenvalue weighted by Gasteiger charge is -2.29. The Balaban J connectivity index is 3.70. The van der Waals surface area contributed by atoms with E-state index < -0.39 is 77.2 Å². The number of nitrogens with zero attached hydrogens (tertiary/aromatic N) is 13. The van der Waals surface area contributed by atoms with Crippen LogP contribution in [0.1, 0.15) is 6.42 Å². The van der Waals surface area contributed by atoms with Gasteiger partial charge in [-0.05, 0) is 16.2 Å². The summed E-state index contributed by atoms with van der Waals surface area (Å²) in [5.41, 5.74) is 9.84. The number of hydrogen-bond acceptors (Lipinski definition) is 19. The van der Waals surface area contributed by atoms with E-state index >= 15 is 0 Å². The van der Waals surface area contributed by atoms with E-state index in [4.69, 9.17) is 5.53 Å². The summed E-state index contributed by atoms with van der Waals surface area (Å²) in [6.45, 7) is -1.92. The summed E-state index contributed by atoms with van der Waals surface area (Å²) in [5.74, 6) is -11.1. The van der Waals surface area contributed by atoms with Gasteiger partial charge in [0.05, 0.1) is 0 Å². The highest BCUT2D eigenvalue weighted by Gasteiger charge is 2.72. The van der Waals surface area contributed by atoms with E-state index in [1.54, 1.807) is 5.32 Å². The molecule has 36 heavy (non-hydrogen) atoms. The highest BCUT2D eigenvalue weighted by molar-refractivity contribution is 5.98. The van der Waals surface area contributed by atoms with Crippen LogP contribution in [0.15, 0.2) is 15.1 Å². The molecule has 29 heteroatoms. The average molecular weight is 525 g/mol. The summed E-state index contributed by atoms with van der Waals surface area (Å²) >= 11 is 0. The number of rotatable bonds is 13. The quantitative estimate of drug-likeness (QED) is 0.0616. The van der Waals surface area contributed by atoms with Gasteiger partial charge in [0.15, 0.2) is 40.4 Å². The Morgan fingerprint density at radius 2 is 1.31 bits per heavy atom. The molecule has 0 aromatic rings. The molecule has 1 aliphatic rings. The number of guanidine groups is 1. The van der Waals surface area contributed by atoms with Crippen molar-refractivity contribution in [3.05, 3.63) is 81.2 Å². The topological polar surface area (TPSA) is 403 Å². The van der Waals surface area contributed by atoms with Gasteiger partial charge < -0.3 is 0 Å². The lowest BCUT2D eigenvalue weighted by atomic mass is 10.2. The van der Waals surface area contributed by atoms with Crippen molar-refractivity contribution in [1.82, 2.24) is 15.9 Å². The zero-order valence-electron chi connectivity index (χ0n) is 16.5. The van der Waals surface area contributed by atoms with Crippen LogP contribution in [0.5, 0.6) is 0 Å². The zero-order chi connectivity index (χ0) is 28.0. The van der Waals surface area contributed by atoms with Crippen molar-refractivity contribution in [1.29, 1.82) is 0 Å². The molecule has 194 valence electrons. The maximum atomic E-state index is 11.1. The lowest BCUT2D eigenvalue weighted by molar-refractivity contribution is -0.968. The van der Waals surface area contributed by atoms with Gasteiger partial charge >= 0.3 is 11.6 Å². The molecule has 0 saturated heterocycles. The maximum Gasteiger partial charge on any atom is 0.712 e. The number of nitrogens with one attached hydrogen (secondary N) is 2. The fourth-order valence-corrected chi connectivity index (χ4v) is 2.25. The second-order valence-corrected chi connectivity index (χ2v) is 5.90. The van der Waals surface area contributed by atoms with Crippen LogP contribution in [0.2, 0.25) is 0 Å². The Morgan fingerprint density at radius 1 is 0.861 bits per heavy atom. The first-order valence-corrected chi connectivity index (χ1v) is 8.08. The molecule has 0 spiro atoms. The molecular weight excluding hydrogens is 518 g/mol. The van der Waals surface area contributed by atoms with Crippen LogP contribution in [0, 0.1) is 70.8 Å². The summed E-state index contributed by atoms with van der Waals surface area (Å²) in [5, 5.41) is 80.4. The summed E-state index contributed by atoms with van der Waals surface area (Å²) in [4.78, 5) is 74.3. The molecule has 2 N–H and O–H groups in total. The predicted molar refractivity (Wildman–Crippen MR) is 99.8 cm³/mol. The first-order valence-electron chi connectivity index (χ1n) is 8.08. The molecule has 1 heterocycles. The Morgan fingerprint density at radius 3 is 1.67 bits per heavy atom. The van der Waals surface area contributed by atoms with Gasteiger partial charge in [-0.3, -0.25) is 66.0 Å². The number of nitro groups is 7. The molecule has 0 aliphatic carbocycles. The van der Waals surface area contributed by atoms with E-state index in [1.807, 2.05) is 0 Å². The van der Waals surface area contributed by atoms with Crippen molar-refractivity contribution in [3.8, 4) is 0 Å². The van der Waals surface area contributed by atoms with Crippen LogP contribution in [0.25, 0.3) is 10.4 Å². The van der Waals surface area contributed by atoms with Gasteiger partial charge in [0.25, 0.3) is 0 Å². The Labute approximate surface area is 190 Å². The fourth-order valence-electron chi connectivity index (χ4n) is 2.25. The smallest absolute Gasteiger partial charge is 0.256 e. The lowest BCUT2D eigenvalue weighted by Crippen LogP contribution is -2.65. The minimum absolute atomic E-state index is 0.0695. The molecule has 1 rings (SSSR count). The third kappa shape index (κ3) is 4.99. The van der Waals surface area contributed by atoms with E-state index in [2.05, 4.69) is 20.0 Å². The van der Waals surface area contributed by atoms with Gasteiger partial charge in [-0.1, -0.05) is 0 Å². The fraction of sp³-hybridized carbons (Fsp3) is 0.714. The standard InChI is InChI=1S/C7H7N15O14/c8-13-12-5-11-3(1-6(16(23)24,17(25)26)18(27)28)10-4(15(5)14-22(35)36)9-2-7(19(29)30,20(31)32)21(33)34/h4,9,14H,1-2H2. The zero-order valence-corrected chi connectivity index (χ0v) is 16.5. The first kappa shape index (κ1) is 28.0. The molecular formula is C7H7N15O14. The minimum Gasteiger partial charge on any atom is -0.256 e. The first-order chi connectivity index (χ1) is 16.6. The molecule has 0 fully saturated rings. The van der Waals surface area contributed by atoms with Crippen LogP contribution in [0.4, 0.5) is 0 Å². The van der Waals surface area contributed by atoms with Crippen molar-refractivity contribution < 1.29 is 34.6 Å². The number of aliphatic imine (C=N–C) groups is 2. The van der Waals surface area contributed by atoms with E-state index in [0.717, 1.165) is 0 Å². The van der Waals surface area contributed by atoms with E-state index in [9.17, 15) is 70.8 Å². The summed E-state index contributed by atoms with van der Waals surface area (Å²) in [6.07, 6.45) is -4.37. The number of hydrazine groups is 2. The molecule has 1 unspecified atom stereocenters. The van der Waals surface area contributed by atoms with Crippen LogP contribution in [-0.4, -0.2) is 75.8 Å². The van der Waals surface area contributed by atoms with Gasteiger partial charge in [0, 0.05) is 4.91 Å². The van der Waals surface area contributed by atoms with E-state index in [-0.39, 0.29) is 5.01 Å². The van der Waals surface area contributed by atoms with Crippen molar-refractivity contribution in [2.75, 3.05) is 6.54 Å². The van der Waals surface area contributed by atoms with Gasteiger partial charge in [0.1, 0.15) is 0 Å². The van der Waals surface area contributed by atoms with Crippen molar-refractivity contribution in [2.45, 2.75) is 24.3 Å². The molecule has 0 saturated carbocycles. The summed E-state index contributed by atoms with van der Waals surface area (Å²) < 4.78 is 0. The van der Waals surface area contributed by atoms with Crippen LogP contribution in [-0.2, 0) is 0 Å². The largest absolute Gasteiger partial charge is 0.712 e. The highest BCUT2D eigenvalue weighted by Crippen LogP contribution is 2.22. The Hall–Kier alpha value is -5.99. The molecule has 0 radical (unpaired) electrons. The van der Waals surface area contributed by atoms with Crippen LogP contribution in [0.3, 0.4) is 0 Å². The molecule has 1 atom stereocenters. The van der Waals surface area contributed by atoms with Crippen LogP contribution >= 0.6 is 0 Å². The molecule has 0 bridgehead atoms. The van der Waals surface area contributed by atoms with Crippen molar-refractivity contribution in [2.24, 2.45) is 15.1 Å². The molecule has 0 amide bonds. The Kier molecular flexibility index (Phi) is 8.02. The van der Waals surface area contributed by atoms with Gasteiger partial charge in [-0.25, -0.2) is 20.1 Å².